The summed E-state index contributed by atoms with van der Waals surface area (Å²) in [4.78, 5) is 15.4. The minimum Gasteiger partial charge on any atom is -0.368 e. The number of nitrogens with one attached hydrogen (secondary N) is 1. The summed E-state index contributed by atoms with van der Waals surface area (Å²) in [7, 11) is 0. The maximum absolute atomic E-state index is 14.1. The van der Waals surface area contributed by atoms with Gasteiger partial charge in [-0.3, -0.25) is 4.98 Å². The van der Waals surface area contributed by atoms with Gasteiger partial charge in [0.2, 0.25) is 0 Å². The Morgan fingerprint density at radius 2 is 2.12 bits per heavy atom. The van der Waals surface area contributed by atoms with Crippen molar-refractivity contribution in [2.45, 2.75) is 25.7 Å². The third-order valence-corrected chi connectivity index (χ3v) is 5.45. The number of aromatic nitrogens is 3. The molecule has 4 rings (SSSR count). The number of nitrogens with zero attached hydrogens (tertiary/aromatic N) is 3. The van der Waals surface area contributed by atoms with Crippen molar-refractivity contribution in [3.05, 3.63) is 34.7 Å². The molecule has 124 valence electrons. The molecule has 1 aliphatic rings. The summed E-state index contributed by atoms with van der Waals surface area (Å²) in [6.45, 7) is 1.13. The van der Waals surface area contributed by atoms with Crippen molar-refractivity contribution in [2.75, 3.05) is 18.4 Å². The van der Waals surface area contributed by atoms with Gasteiger partial charge in [-0.2, -0.15) is 0 Å². The van der Waals surface area contributed by atoms with Gasteiger partial charge in [0.25, 0.3) is 0 Å². The molecule has 0 spiro atoms. The van der Waals surface area contributed by atoms with Gasteiger partial charge in [0.15, 0.2) is 11.6 Å². The second-order valence-corrected chi connectivity index (χ2v) is 6.94. The Morgan fingerprint density at radius 1 is 1.25 bits per heavy atom. The van der Waals surface area contributed by atoms with E-state index < -0.39 is 5.82 Å². The molecule has 3 heterocycles. The molecule has 0 bridgehead atoms. The minimum atomic E-state index is -0.414. The molecular weight excluding hydrogens is 325 g/mol. The van der Waals surface area contributed by atoms with Crippen LogP contribution in [0.1, 0.15) is 23.3 Å². The number of fused-ring (bicyclic) bond motifs is 3. The smallest absolute Gasteiger partial charge is 0.166 e. The Hall–Kier alpha value is -2.12. The van der Waals surface area contributed by atoms with Gasteiger partial charge in [0.1, 0.15) is 10.6 Å². The summed E-state index contributed by atoms with van der Waals surface area (Å²) in [6, 6.07) is 1.61. The van der Waals surface area contributed by atoms with Crippen molar-refractivity contribution < 1.29 is 4.39 Å². The average molecular weight is 343 g/mol. The predicted octanol–water partition coefficient (Wildman–Crippen LogP) is 3.14. The van der Waals surface area contributed by atoms with Crippen molar-refractivity contribution in [2.24, 2.45) is 5.73 Å². The summed E-state index contributed by atoms with van der Waals surface area (Å²) in [5, 5.41) is 4.38. The topological polar surface area (TPSA) is 76.7 Å². The number of aryl methyl sites for hydroxylation is 2. The molecule has 3 aromatic heterocycles. The van der Waals surface area contributed by atoms with Crippen LogP contribution in [0.4, 0.5) is 10.2 Å². The van der Waals surface area contributed by atoms with Crippen LogP contribution in [-0.4, -0.2) is 28.0 Å². The van der Waals surface area contributed by atoms with Gasteiger partial charge in [-0.1, -0.05) is 0 Å². The molecule has 24 heavy (non-hydrogen) atoms. The fraction of sp³-hybridized carbons (Fsp3) is 0.353. The lowest BCUT2D eigenvalue weighted by atomic mass is 9.97. The first-order chi connectivity index (χ1) is 11.8. The predicted molar refractivity (Wildman–Crippen MR) is 94.8 cm³/mol. The van der Waals surface area contributed by atoms with E-state index in [-0.39, 0.29) is 0 Å². The molecule has 0 radical (unpaired) electrons. The number of nitrogens with two attached hydrogens (primary N) is 1. The van der Waals surface area contributed by atoms with Crippen molar-refractivity contribution >= 4 is 27.4 Å². The second kappa shape index (κ2) is 6.41. The third kappa shape index (κ3) is 2.63. The van der Waals surface area contributed by atoms with E-state index >= 15 is 0 Å². The van der Waals surface area contributed by atoms with Crippen molar-refractivity contribution in [1.82, 2.24) is 15.0 Å². The van der Waals surface area contributed by atoms with Crippen LogP contribution in [-0.2, 0) is 12.8 Å². The summed E-state index contributed by atoms with van der Waals surface area (Å²) < 4.78 is 14.1. The van der Waals surface area contributed by atoms with Gasteiger partial charge in [0, 0.05) is 24.2 Å². The molecule has 0 amide bonds. The Balaban J connectivity index is 1.92. The minimum absolute atomic E-state index is 0.370. The summed E-state index contributed by atoms with van der Waals surface area (Å²) in [6.07, 6.45) is 7.29. The van der Waals surface area contributed by atoms with E-state index in [1.54, 1.807) is 23.6 Å². The van der Waals surface area contributed by atoms with E-state index in [9.17, 15) is 4.39 Å². The largest absolute Gasteiger partial charge is 0.368 e. The third-order valence-electron chi connectivity index (χ3n) is 4.26. The normalized spacial score (nSPS) is 13.9. The van der Waals surface area contributed by atoms with E-state index in [0.29, 0.717) is 24.5 Å². The van der Waals surface area contributed by atoms with Crippen LogP contribution in [0.2, 0.25) is 0 Å². The fourth-order valence-corrected chi connectivity index (χ4v) is 4.41. The van der Waals surface area contributed by atoms with Crippen molar-refractivity contribution in [1.29, 1.82) is 0 Å². The lowest BCUT2D eigenvalue weighted by Gasteiger charge is -2.13. The standard InChI is InChI=1S/C17H18FN5S/c18-12-9-20-7-5-10(12)15-22-16(21-8-6-19)14-11-3-1-2-4-13(11)24-17(14)23-15/h5,7,9H,1-4,6,8,19H2,(H,21,22,23). The first-order valence-corrected chi connectivity index (χ1v) is 8.95. The molecule has 1 aliphatic carbocycles. The number of halogens is 1. The number of anilines is 1. The summed E-state index contributed by atoms with van der Waals surface area (Å²) in [5.74, 6) is 0.736. The Morgan fingerprint density at radius 3 is 2.96 bits per heavy atom. The average Bonchev–Trinajstić information content (AvgIpc) is 2.98. The maximum Gasteiger partial charge on any atom is 0.166 e. The molecule has 0 unspecified atom stereocenters. The van der Waals surface area contributed by atoms with Gasteiger partial charge in [-0.05, 0) is 37.3 Å². The van der Waals surface area contributed by atoms with Gasteiger partial charge in [0.05, 0.1) is 17.1 Å². The monoisotopic (exact) mass is 343 g/mol. The van der Waals surface area contributed by atoms with Crippen LogP contribution in [0.15, 0.2) is 18.5 Å². The number of hydrogen-bond donors (Lipinski definition) is 2. The van der Waals surface area contributed by atoms with Crippen LogP contribution in [0.3, 0.4) is 0 Å². The van der Waals surface area contributed by atoms with Crippen molar-refractivity contribution in [3.8, 4) is 11.4 Å². The highest BCUT2D eigenvalue weighted by molar-refractivity contribution is 7.19. The molecule has 3 N–H and O–H groups in total. The molecule has 7 heteroatoms. The van der Waals surface area contributed by atoms with Crippen LogP contribution in [0.25, 0.3) is 21.6 Å². The van der Waals surface area contributed by atoms with Crippen molar-refractivity contribution in [3.63, 3.8) is 0 Å². The fourth-order valence-electron chi connectivity index (χ4n) is 3.15. The first-order valence-electron chi connectivity index (χ1n) is 8.14. The highest BCUT2D eigenvalue weighted by Crippen LogP contribution is 2.39. The zero-order chi connectivity index (χ0) is 16.5. The SMILES string of the molecule is NCCNc1nc(-c2ccncc2F)nc2sc3c(c12)CCCC3. The van der Waals surface area contributed by atoms with Crippen LogP contribution >= 0.6 is 11.3 Å². The summed E-state index contributed by atoms with van der Waals surface area (Å²) >= 11 is 1.70. The zero-order valence-electron chi connectivity index (χ0n) is 13.2. The van der Waals surface area contributed by atoms with Crippen LogP contribution in [0.5, 0.6) is 0 Å². The molecule has 5 nitrogen and oxygen atoms in total. The molecule has 0 fully saturated rings. The van der Waals surface area contributed by atoms with E-state index in [0.717, 1.165) is 28.9 Å². The lowest BCUT2D eigenvalue weighted by molar-refractivity contribution is 0.624. The molecule has 0 aliphatic heterocycles. The number of hydrogen-bond acceptors (Lipinski definition) is 6. The quantitative estimate of drug-likeness (QED) is 0.761. The highest BCUT2D eigenvalue weighted by atomic mass is 32.1. The van der Waals surface area contributed by atoms with E-state index in [2.05, 4.69) is 20.3 Å². The molecule has 0 saturated heterocycles. The Labute approximate surface area is 143 Å². The zero-order valence-corrected chi connectivity index (χ0v) is 14.0. The summed E-state index contributed by atoms with van der Waals surface area (Å²) in [5.41, 5.74) is 7.35. The molecule has 0 atom stereocenters. The van der Waals surface area contributed by atoms with E-state index in [4.69, 9.17) is 5.73 Å². The Kier molecular flexibility index (Phi) is 4.12. The molecule has 0 aromatic carbocycles. The number of rotatable bonds is 4. The highest BCUT2D eigenvalue weighted by Gasteiger charge is 2.22. The van der Waals surface area contributed by atoms with Gasteiger partial charge >= 0.3 is 0 Å². The molecule has 3 aromatic rings. The van der Waals surface area contributed by atoms with Gasteiger partial charge in [-0.25, -0.2) is 14.4 Å². The second-order valence-electron chi connectivity index (χ2n) is 5.86. The maximum atomic E-state index is 14.1. The Bertz CT molecular complexity index is 892. The van der Waals surface area contributed by atoms with E-state index in [1.165, 1.54) is 29.5 Å². The van der Waals surface area contributed by atoms with E-state index in [1.807, 2.05) is 0 Å². The van der Waals surface area contributed by atoms with Crippen LogP contribution in [0, 0.1) is 5.82 Å². The number of pyridine rings is 1. The number of thiophene rings is 1. The van der Waals surface area contributed by atoms with Gasteiger partial charge in [-0.15, -0.1) is 11.3 Å². The van der Waals surface area contributed by atoms with Crippen LogP contribution < -0.4 is 11.1 Å². The van der Waals surface area contributed by atoms with Gasteiger partial charge < -0.3 is 11.1 Å². The first kappa shape index (κ1) is 15.4. The molecular formula is C17H18FN5S. The lowest BCUT2D eigenvalue weighted by Crippen LogP contribution is -2.15. The molecule has 0 saturated carbocycles.